The van der Waals surface area contributed by atoms with Gasteiger partial charge in [-0.05, 0) is 74.1 Å². The molecular weight excluding hydrogens is 358 g/mol. The Morgan fingerprint density at radius 1 is 1.03 bits per heavy atom. The third-order valence-electron chi connectivity index (χ3n) is 8.96. The molecule has 1 saturated carbocycles. The highest BCUT2D eigenvalue weighted by Gasteiger charge is 2.73. The predicted octanol–water partition coefficient (Wildman–Crippen LogP) is 4.83. The molecular formula is C25H33N3O. The molecule has 29 heavy (non-hydrogen) atoms. The molecule has 1 aromatic carbocycles. The maximum absolute atomic E-state index is 14.2. The Hall–Kier alpha value is -1.97. The number of piperidine rings is 1. The summed E-state index contributed by atoms with van der Waals surface area (Å²) in [6.07, 6.45) is 4.22. The molecule has 0 N–H and O–H groups in total. The molecule has 0 spiro atoms. The van der Waals surface area contributed by atoms with Crippen LogP contribution in [0.5, 0.6) is 0 Å². The van der Waals surface area contributed by atoms with Crippen molar-refractivity contribution in [3.63, 3.8) is 0 Å². The average molecular weight is 392 g/mol. The largest absolute Gasteiger partial charge is 0.342 e. The van der Waals surface area contributed by atoms with E-state index in [1.165, 1.54) is 17.5 Å². The van der Waals surface area contributed by atoms with E-state index in [1.807, 2.05) is 0 Å². The molecule has 1 saturated heterocycles. The van der Waals surface area contributed by atoms with Gasteiger partial charge >= 0.3 is 0 Å². The number of fused-ring (bicyclic) bond motifs is 6. The van der Waals surface area contributed by atoms with Crippen molar-refractivity contribution in [3.8, 4) is 0 Å². The van der Waals surface area contributed by atoms with Crippen LogP contribution >= 0.6 is 0 Å². The lowest BCUT2D eigenvalue weighted by Gasteiger charge is -2.43. The van der Waals surface area contributed by atoms with E-state index in [2.05, 4.69) is 58.6 Å². The first-order valence-electron chi connectivity index (χ1n) is 11.2. The van der Waals surface area contributed by atoms with Gasteiger partial charge in [-0.1, -0.05) is 27.7 Å². The number of hydrogen-bond donors (Lipinski definition) is 0. The second-order valence-electron chi connectivity index (χ2n) is 10.7. The first-order chi connectivity index (χ1) is 13.6. The number of rotatable bonds is 1. The van der Waals surface area contributed by atoms with Gasteiger partial charge in [0.15, 0.2) is 0 Å². The Morgan fingerprint density at radius 3 is 2.28 bits per heavy atom. The van der Waals surface area contributed by atoms with Crippen molar-refractivity contribution < 1.29 is 4.79 Å². The summed E-state index contributed by atoms with van der Waals surface area (Å²) in [7, 11) is 0. The van der Waals surface area contributed by atoms with Crippen LogP contribution in [-0.2, 0) is 15.6 Å². The Morgan fingerprint density at radius 2 is 1.66 bits per heavy atom. The maximum Gasteiger partial charge on any atom is 0.235 e. The summed E-state index contributed by atoms with van der Waals surface area (Å²) in [4.78, 5) is 26.6. The topological polar surface area (TPSA) is 46.1 Å². The fourth-order valence-electron chi connectivity index (χ4n) is 6.48. The molecule has 4 nitrogen and oxygen atoms in total. The summed E-state index contributed by atoms with van der Waals surface area (Å²) < 4.78 is 0. The number of amides is 1. The Balaban J connectivity index is 1.74. The third-order valence-corrected chi connectivity index (χ3v) is 8.96. The van der Waals surface area contributed by atoms with Crippen molar-refractivity contribution in [2.24, 2.45) is 11.3 Å². The number of hydrogen-bond acceptors (Lipinski definition) is 3. The van der Waals surface area contributed by atoms with E-state index in [9.17, 15) is 4.79 Å². The molecule has 3 unspecified atom stereocenters. The molecule has 3 aliphatic rings. The van der Waals surface area contributed by atoms with Crippen LogP contribution in [0.15, 0.2) is 12.1 Å². The minimum atomic E-state index is -0.547. The van der Waals surface area contributed by atoms with Crippen LogP contribution < -0.4 is 0 Å². The van der Waals surface area contributed by atoms with Crippen LogP contribution in [0.3, 0.4) is 0 Å². The van der Waals surface area contributed by atoms with Gasteiger partial charge in [0.05, 0.1) is 27.8 Å². The second-order valence-corrected chi connectivity index (χ2v) is 10.7. The van der Waals surface area contributed by atoms with E-state index in [0.29, 0.717) is 11.8 Å². The van der Waals surface area contributed by atoms with Gasteiger partial charge in [0, 0.05) is 18.5 Å². The zero-order valence-corrected chi connectivity index (χ0v) is 18.7. The van der Waals surface area contributed by atoms with Crippen molar-refractivity contribution >= 4 is 16.9 Å². The number of aromatic nitrogens is 2. The Bertz CT molecular complexity index is 1040. The molecule has 2 heterocycles. The van der Waals surface area contributed by atoms with Crippen molar-refractivity contribution in [2.45, 2.75) is 78.1 Å². The second kappa shape index (κ2) is 5.80. The standard InChI is InChI=1S/C25H33N3O/c1-15-8-7-11-28(14-15)22(29)25-10-9-24(6,23(25,4)5)20-21(25)27-19-13-17(3)16(2)12-18(19)26-20/h12-13,15H,7-11,14H2,1-6H3. The summed E-state index contributed by atoms with van der Waals surface area (Å²) in [5.41, 5.74) is 5.55. The van der Waals surface area contributed by atoms with Gasteiger partial charge in [0.1, 0.15) is 0 Å². The number of benzene rings is 1. The summed E-state index contributed by atoms with van der Waals surface area (Å²) in [6.45, 7) is 15.2. The van der Waals surface area contributed by atoms with Crippen LogP contribution in [0.25, 0.3) is 11.0 Å². The third kappa shape index (κ3) is 2.18. The van der Waals surface area contributed by atoms with Crippen LogP contribution in [0, 0.1) is 25.2 Å². The van der Waals surface area contributed by atoms with Crippen molar-refractivity contribution in [3.05, 3.63) is 34.6 Å². The van der Waals surface area contributed by atoms with Crippen molar-refractivity contribution in [1.29, 1.82) is 0 Å². The van der Waals surface area contributed by atoms with Gasteiger partial charge in [0.2, 0.25) is 5.91 Å². The molecule has 1 aromatic heterocycles. The highest BCUT2D eigenvalue weighted by molar-refractivity contribution is 5.93. The molecule has 2 fully saturated rings. The summed E-state index contributed by atoms with van der Waals surface area (Å²) in [6, 6.07) is 4.29. The molecule has 4 heteroatoms. The van der Waals surface area contributed by atoms with Crippen LogP contribution in [0.4, 0.5) is 0 Å². The molecule has 0 radical (unpaired) electrons. The molecule has 2 aromatic rings. The van der Waals surface area contributed by atoms with E-state index in [1.54, 1.807) is 0 Å². The number of likely N-dealkylation sites (tertiary alicyclic amines) is 1. The Kier molecular flexibility index (Phi) is 3.80. The van der Waals surface area contributed by atoms with E-state index in [4.69, 9.17) is 9.97 Å². The fourth-order valence-corrected chi connectivity index (χ4v) is 6.48. The Labute approximate surface area is 174 Å². The molecule has 154 valence electrons. The van der Waals surface area contributed by atoms with Gasteiger partial charge in [-0.3, -0.25) is 4.79 Å². The molecule has 3 atom stereocenters. The maximum atomic E-state index is 14.2. The number of carbonyl (C=O) groups is 1. The average Bonchev–Trinajstić information content (AvgIpc) is 2.96. The van der Waals surface area contributed by atoms with E-state index < -0.39 is 5.41 Å². The molecule has 2 aliphatic carbocycles. The molecule has 5 rings (SSSR count). The lowest BCUT2D eigenvalue weighted by molar-refractivity contribution is -0.143. The van der Waals surface area contributed by atoms with Crippen LogP contribution in [-0.4, -0.2) is 33.9 Å². The van der Waals surface area contributed by atoms with Gasteiger partial charge in [-0.25, -0.2) is 9.97 Å². The highest BCUT2D eigenvalue weighted by Crippen LogP contribution is 2.70. The van der Waals surface area contributed by atoms with E-state index in [-0.39, 0.29) is 10.8 Å². The summed E-state index contributed by atoms with van der Waals surface area (Å²) in [5, 5.41) is 0. The molecule has 1 aliphatic heterocycles. The monoisotopic (exact) mass is 391 g/mol. The highest BCUT2D eigenvalue weighted by atomic mass is 16.2. The van der Waals surface area contributed by atoms with E-state index >= 15 is 0 Å². The minimum absolute atomic E-state index is 0.112. The smallest absolute Gasteiger partial charge is 0.235 e. The first kappa shape index (κ1) is 19.0. The lowest BCUT2D eigenvalue weighted by Crippen LogP contribution is -2.54. The van der Waals surface area contributed by atoms with E-state index in [0.717, 1.165) is 54.8 Å². The van der Waals surface area contributed by atoms with Crippen molar-refractivity contribution in [2.75, 3.05) is 13.1 Å². The fraction of sp³-hybridized carbons (Fsp3) is 0.640. The van der Waals surface area contributed by atoms with Gasteiger partial charge in [0.25, 0.3) is 0 Å². The quantitative estimate of drug-likeness (QED) is 0.699. The summed E-state index contributed by atoms with van der Waals surface area (Å²) >= 11 is 0. The summed E-state index contributed by atoms with van der Waals surface area (Å²) in [5.74, 6) is 0.878. The van der Waals surface area contributed by atoms with Crippen molar-refractivity contribution in [1.82, 2.24) is 14.9 Å². The predicted molar refractivity (Wildman–Crippen MR) is 116 cm³/mol. The molecule has 2 bridgehead atoms. The number of nitrogens with zero attached hydrogens (tertiary/aromatic N) is 3. The zero-order chi connectivity index (χ0) is 20.8. The van der Waals surface area contributed by atoms with Crippen LogP contribution in [0.1, 0.15) is 75.9 Å². The SMILES string of the molecule is Cc1cc2nc3c(nc2cc1C)C1(C(=O)N2CCCC(C)C2)CCC3(C)C1(C)C. The zero-order valence-electron chi connectivity index (χ0n) is 18.7. The number of aryl methyl sites for hydroxylation is 2. The minimum Gasteiger partial charge on any atom is -0.342 e. The lowest BCUT2D eigenvalue weighted by atomic mass is 9.63. The van der Waals surface area contributed by atoms with Gasteiger partial charge < -0.3 is 4.90 Å². The first-order valence-corrected chi connectivity index (χ1v) is 11.2. The van der Waals surface area contributed by atoms with Gasteiger partial charge in [-0.15, -0.1) is 0 Å². The van der Waals surface area contributed by atoms with Crippen LogP contribution in [0.2, 0.25) is 0 Å². The molecule has 1 amide bonds. The number of carbonyl (C=O) groups excluding carboxylic acids is 1. The normalized spacial score (nSPS) is 32.6. The van der Waals surface area contributed by atoms with Gasteiger partial charge in [-0.2, -0.15) is 0 Å².